The number of carbonyl (C=O) groups excluding carboxylic acids is 2. The highest BCUT2D eigenvalue weighted by Crippen LogP contribution is 2.22. The molecule has 0 aliphatic carbocycles. The van der Waals surface area contributed by atoms with Crippen LogP contribution in [0.5, 0.6) is 5.75 Å². The third-order valence-corrected chi connectivity index (χ3v) is 3.77. The number of nitrogens with one attached hydrogen (secondary N) is 2. The van der Waals surface area contributed by atoms with E-state index in [0.717, 1.165) is 12.1 Å². The Balaban J connectivity index is 1.79. The second-order valence-electron chi connectivity index (χ2n) is 4.97. The molecule has 0 unspecified atom stereocenters. The molecule has 2 rings (SSSR count). The fraction of sp³-hybridized carbons (Fsp3) is 0.125. The summed E-state index contributed by atoms with van der Waals surface area (Å²) in [5, 5.41) is 15.4. The van der Waals surface area contributed by atoms with E-state index in [9.17, 15) is 24.1 Å². The lowest BCUT2D eigenvalue weighted by atomic mass is 10.3. The van der Waals surface area contributed by atoms with E-state index in [1.165, 1.54) is 0 Å². The summed E-state index contributed by atoms with van der Waals surface area (Å²) in [6, 6.07) is 9.77. The average molecular weight is 426 g/mol. The minimum absolute atomic E-state index is 0.299. The van der Waals surface area contributed by atoms with Gasteiger partial charge in [0.1, 0.15) is 0 Å². The zero-order valence-corrected chi connectivity index (χ0v) is 14.8. The molecule has 0 saturated carbocycles. The maximum atomic E-state index is 13.6. The molecule has 0 radical (unpaired) electrons. The van der Waals surface area contributed by atoms with Crippen molar-refractivity contribution >= 4 is 39.1 Å². The molecule has 136 valence electrons. The lowest BCUT2D eigenvalue weighted by Gasteiger charge is -2.09. The van der Waals surface area contributed by atoms with E-state index in [4.69, 9.17) is 4.74 Å². The van der Waals surface area contributed by atoms with Crippen LogP contribution in [-0.2, 0) is 9.59 Å². The van der Waals surface area contributed by atoms with Crippen molar-refractivity contribution in [2.45, 2.75) is 0 Å². The summed E-state index contributed by atoms with van der Waals surface area (Å²) in [7, 11) is 0. The number of hydrogen-bond acceptors (Lipinski definition) is 5. The number of halogens is 2. The van der Waals surface area contributed by atoms with Gasteiger partial charge in [-0.15, -0.1) is 0 Å². The molecule has 0 saturated heterocycles. The molecule has 2 amide bonds. The fourth-order valence-corrected chi connectivity index (χ4v) is 2.23. The predicted octanol–water partition coefficient (Wildman–Crippen LogP) is 2.63. The van der Waals surface area contributed by atoms with Gasteiger partial charge in [-0.2, -0.15) is 0 Å². The molecule has 2 aromatic carbocycles. The molecular weight excluding hydrogens is 413 g/mol. The molecule has 0 atom stereocenters. The first kappa shape index (κ1) is 19.3. The van der Waals surface area contributed by atoms with E-state index in [2.05, 4.69) is 26.6 Å². The first-order chi connectivity index (χ1) is 12.4. The van der Waals surface area contributed by atoms with Gasteiger partial charge in [-0.1, -0.05) is 12.1 Å². The molecule has 2 N–H and O–H groups in total. The van der Waals surface area contributed by atoms with Crippen molar-refractivity contribution in [2.75, 3.05) is 18.5 Å². The number of non-ortho nitro benzene ring substituents is 1. The number of nitro benzene ring substituents is 1. The van der Waals surface area contributed by atoms with Crippen LogP contribution in [0.1, 0.15) is 0 Å². The molecule has 0 aliphatic heterocycles. The van der Waals surface area contributed by atoms with Crippen LogP contribution in [0, 0.1) is 15.9 Å². The molecule has 26 heavy (non-hydrogen) atoms. The van der Waals surface area contributed by atoms with Crippen molar-refractivity contribution < 1.29 is 23.6 Å². The first-order valence-electron chi connectivity index (χ1n) is 7.24. The van der Waals surface area contributed by atoms with Gasteiger partial charge in [0.2, 0.25) is 5.91 Å². The van der Waals surface area contributed by atoms with E-state index in [0.29, 0.717) is 16.2 Å². The minimum Gasteiger partial charge on any atom is -0.481 e. The van der Waals surface area contributed by atoms with E-state index >= 15 is 0 Å². The summed E-state index contributed by atoms with van der Waals surface area (Å²) in [4.78, 5) is 33.2. The summed E-state index contributed by atoms with van der Waals surface area (Å²) < 4.78 is 19.3. The van der Waals surface area contributed by atoms with Crippen LogP contribution >= 0.6 is 15.9 Å². The minimum atomic E-state index is -0.960. The van der Waals surface area contributed by atoms with Crippen molar-refractivity contribution in [3.05, 3.63) is 62.9 Å². The van der Waals surface area contributed by atoms with Crippen LogP contribution in [0.3, 0.4) is 0 Å². The van der Waals surface area contributed by atoms with Gasteiger partial charge in [0.05, 0.1) is 23.2 Å². The number of rotatable bonds is 7. The van der Waals surface area contributed by atoms with Gasteiger partial charge in [-0.3, -0.25) is 19.7 Å². The quantitative estimate of drug-likeness (QED) is 0.523. The smallest absolute Gasteiger partial charge is 0.272 e. The summed E-state index contributed by atoms with van der Waals surface area (Å²) in [6.07, 6.45) is 0. The Morgan fingerprint density at radius 3 is 2.58 bits per heavy atom. The maximum Gasteiger partial charge on any atom is 0.272 e. The second-order valence-corrected chi connectivity index (χ2v) is 5.82. The molecule has 10 heteroatoms. The van der Waals surface area contributed by atoms with Gasteiger partial charge < -0.3 is 15.4 Å². The predicted molar refractivity (Wildman–Crippen MR) is 94.3 cm³/mol. The number of carbonyl (C=O) groups is 2. The molecule has 2 aromatic rings. The highest BCUT2D eigenvalue weighted by molar-refractivity contribution is 9.10. The van der Waals surface area contributed by atoms with Crippen LogP contribution in [0.4, 0.5) is 15.8 Å². The molecule has 8 nitrogen and oxygen atoms in total. The number of hydrogen-bond donors (Lipinski definition) is 2. The summed E-state index contributed by atoms with van der Waals surface area (Å²) in [5.41, 5.74) is 0.124. The van der Waals surface area contributed by atoms with Crippen molar-refractivity contribution in [3.8, 4) is 5.75 Å². The third kappa shape index (κ3) is 5.52. The molecule has 0 bridgehead atoms. The molecule has 0 aliphatic rings. The zero-order chi connectivity index (χ0) is 19.1. The Bertz CT molecular complexity index is 846. The van der Waals surface area contributed by atoms with Gasteiger partial charge >= 0.3 is 0 Å². The van der Waals surface area contributed by atoms with Gasteiger partial charge in [0, 0.05) is 10.5 Å². The Kier molecular flexibility index (Phi) is 6.61. The van der Waals surface area contributed by atoms with E-state index in [1.54, 1.807) is 24.3 Å². The largest absolute Gasteiger partial charge is 0.481 e. The molecule has 0 fully saturated rings. The SMILES string of the molecule is O=C(COc1ccc([N+](=O)[O-])cc1F)NCC(=O)Nc1ccccc1Br. The topological polar surface area (TPSA) is 111 Å². The number of para-hydroxylation sites is 1. The lowest BCUT2D eigenvalue weighted by Crippen LogP contribution is -2.35. The number of benzene rings is 2. The highest BCUT2D eigenvalue weighted by Gasteiger charge is 2.13. The highest BCUT2D eigenvalue weighted by atomic mass is 79.9. The number of amides is 2. The van der Waals surface area contributed by atoms with Crippen molar-refractivity contribution in [1.29, 1.82) is 0 Å². The van der Waals surface area contributed by atoms with E-state index < -0.39 is 34.8 Å². The van der Waals surface area contributed by atoms with Crippen LogP contribution in [0.15, 0.2) is 46.9 Å². The van der Waals surface area contributed by atoms with Crippen molar-refractivity contribution in [1.82, 2.24) is 5.32 Å². The lowest BCUT2D eigenvalue weighted by molar-refractivity contribution is -0.385. The van der Waals surface area contributed by atoms with Gasteiger partial charge in [-0.25, -0.2) is 4.39 Å². The molecule has 0 spiro atoms. The Hall–Kier alpha value is -3.01. The maximum absolute atomic E-state index is 13.6. The summed E-state index contributed by atoms with van der Waals surface area (Å²) in [6.45, 7) is -0.844. The van der Waals surface area contributed by atoms with Crippen LogP contribution in [0.2, 0.25) is 0 Å². The monoisotopic (exact) mass is 425 g/mol. The summed E-state index contributed by atoms with van der Waals surface area (Å²) >= 11 is 3.28. The molecule has 0 aromatic heterocycles. The van der Waals surface area contributed by atoms with E-state index in [1.807, 2.05) is 0 Å². The number of nitro groups is 1. The Morgan fingerprint density at radius 2 is 1.92 bits per heavy atom. The van der Waals surface area contributed by atoms with Gasteiger partial charge in [-0.05, 0) is 34.1 Å². The van der Waals surface area contributed by atoms with Crippen LogP contribution in [-0.4, -0.2) is 29.9 Å². The van der Waals surface area contributed by atoms with Crippen molar-refractivity contribution in [3.63, 3.8) is 0 Å². The van der Waals surface area contributed by atoms with E-state index in [-0.39, 0.29) is 12.3 Å². The number of ether oxygens (including phenoxy) is 1. The third-order valence-electron chi connectivity index (χ3n) is 3.08. The van der Waals surface area contributed by atoms with Gasteiger partial charge in [0.15, 0.2) is 18.2 Å². The normalized spacial score (nSPS) is 10.1. The second kappa shape index (κ2) is 8.90. The Morgan fingerprint density at radius 1 is 1.19 bits per heavy atom. The fourth-order valence-electron chi connectivity index (χ4n) is 1.85. The molecule has 0 heterocycles. The summed E-state index contributed by atoms with van der Waals surface area (Å²) in [5.74, 6) is -2.36. The molecular formula is C16H13BrFN3O5. The Labute approximate surface area is 155 Å². The zero-order valence-electron chi connectivity index (χ0n) is 13.2. The van der Waals surface area contributed by atoms with Crippen LogP contribution in [0.25, 0.3) is 0 Å². The average Bonchev–Trinajstić information content (AvgIpc) is 2.60. The number of anilines is 1. The van der Waals surface area contributed by atoms with Crippen LogP contribution < -0.4 is 15.4 Å². The van der Waals surface area contributed by atoms with Crippen molar-refractivity contribution in [2.24, 2.45) is 0 Å². The number of nitrogens with zero attached hydrogens (tertiary/aromatic N) is 1. The van der Waals surface area contributed by atoms with Gasteiger partial charge in [0.25, 0.3) is 11.6 Å². The first-order valence-corrected chi connectivity index (χ1v) is 8.04. The standard InChI is InChI=1S/C16H13BrFN3O5/c17-11-3-1-2-4-13(11)20-15(22)8-19-16(23)9-26-14-6-5-10(21(24)25)7-12(14)18/h1-7H,8-9H2,(H,19,23)(H,20,22).